The van der Waals surface area contributed by atoms with Crippen molar-refractivity contribution in [3.05, 3.63) is 100 Å². The molecule has 0 aliphatic heterocycles. The number of carbonyl (C=O) groups is 2. The monoisotopic (exact) mass is 617 g/mol. The first kappa shape index (κ1) is 32.4. The van der Waals surface area contributed by atoms with Crippen molar-refractivity contribution in [1.82, 2.24) is 10.2 Å². The lowest BCUT2D eigenvalue weighted by atomic mass is 10.00. The van der Waals surface area contributed by atoms with Gasteiger partial charge in [0.1, 0.15) is 6.04 Å². The van der Waals surface area contributed by atoms with Crippen molar-refractivity contribution >= 4 is 50.7 Å². The zero-order valence-electron chi connectivity index (χ0n) is 23.8. The van der Waals surface area contributed by atoms with Gasteiger partial charge in [0, 0.05) is 41.5 Å². The van der Waals surface area contributed by atoms with Crippen LogP contribution in [0.1, 0.15) is 44.7 Å². The van der Waals surface area contributed by atoms with Gasteiger partial charge in [-0.2, -0.15) is 0 Å². The van der Waals surface area contributed by atoms with Gasteiger partial charge < -0.3 is 10.2 Å². The zero-order chi connectivity index (χ0) is 30.2. The second kappa shape index (κ2) is 14.2. The van der Waals surface area contributed by atoms with Crippen molar-refractivity contribution in [1.29, 1.82) is 0 Å². The molecule has 0 aliphatic carbocycles. The van der Waals surface area contributed by atoms with E-state index in [-0.39, 0.29) is 37.7 Å². The van der Waals surface area contributed by atoms with Crippen LogP contribution < -0.4 is 9.62 Å². The average Bonchev–Trinajstić information content (AvgIpc) is 2.88. The Bertz CT molecular complexity index is 1440. The molecule has 0 aromatic heterocycles. The van der Waals surface area contributed by atoms with Crippen molar-refractivity contribution in [2.75, 3.05) is 17.1 Å². The smallest absolute Gasteiger partial charge is 0.243 e. The molecule has 0 saturated carbocycles. The van der Waals surface area contributed by atoms with Crippen LogP contribution in [0.2, 0.25) is 10.0 Å². The second-order valence-electron chi connectivity index (χ2n) is 11.0. The molecule has 2 amide bonds. The summed E-state index contributed by atoms with van der Waals surface area (Å²) in [5.41, 5.74) is 1.52. The first-order valence-corrected chi connectivity index (χ1v) is 16.0. The molecule has 0 fully saturated rings. The highest BCUT2D eigenvalue weighted by Crippen LogP contribution is 2.24. The Balaban J connectivity index is 1.91. The van der Waals surface area contributed by atoms with E-state index in [2.05, 4.69) is 5.32 Å². The van der Waals surface area contributed by atoms with Gasteiger partial charge in [-0.3, -0.25) is 13.9 Å². The highest BCUT2D eigenvalue weighted by atomic mass is 35.5. The Labute approximate surface area is 253 Å². The molecule has 3 rings (SSSR count). The van der Waals surface area contributed by atoms with E-state index in [0.29, 0.717) is 27.7 Å². The maximum absolute atomic E-state index is 13.9. The van der Waals surface area contributed by atoms with Crippen molar-refractivity contribution in [2.24, 2.45) is 0 Å². The maximum Gasteiger partial charge on any atom is 0.243 e. The SMILES string of the molecule is CC(C)(C)NC(=O)[C@@H](Cc1ccccc1)N(Cc1ccccc1Cl)C(=O)CCCN(c1cccc(Cl)c1)S(C)(=O)=O. The molecule has 0 saturated heterocycles. The summed E-state index contributed by atoms with van der Waals surface area (Å²) in [5.74, 6) is -0.562. The van der Waals surface area contributed by atoms with Gasteiger partial charge in [0.15, 0.2) is 0 Å². The van der Waals surface area contributed by atoms with Crippen molar-refractivity contribution < 1.29 is 18.0 Å². The summed E-state index contributed by atoms with van der Waals surface area (Å²) in [5, 5.41) is 3.93. The number of hydrogen-bond donors (Lipinski definition) is 1. The summed E-state index contributed by atoms with van der Waals surface area (Å²) in [7, 11) is -3.63. The highest BCUT2D eigenvalue weighted by molar-refractivity contribution is 7.92. The predicted molar refractivity (Wildman–Crippen MR) is 167 cm³/mol. The fourth-order valence-corrected chi connectivity index (χ4v) is 5.79. The molecule has 3 aromatic carbocycles. The van der Waals surface area contributed by atoms with Crippen LogP contribution in [-0.4, -0.2) is 49.5 Å². The van der Waals surface area contributed by atoms with Gasteiger partial charge in [0.25, 0.3) is 0 Å². The third-order valence-electron chi connectivity index (χ3n) is 6.32. The van der Waals surface area contributed by atoms with E-state index in [0.717, 1.165) is 11.8 Å². The van der Waals surface area contributed by atoms with E-state index in [1.54, 1.807) is 41.3 Å². The van der Waals surface area contributed by atoms with Gasteiger partial charge in [-0.15, -0.1) is 0 Å². The van der Waals surface area contributed by atoms with Gasteiger partial charge in [-0.1, -0.05) is 77.8 Å². The summed E-state index contributed by atoms with van der Waals surface area (Å²) in [6.07, 6.45) is 1.67. The lowest BCUT2D eigenvalue weighted by Crippen LogP contribution is -2.54. The molecule has 3 aromatic rings. The van der Waals surface area contributed by atoms with Gasteiger partial charge in [-0.05, 0) is 62.6 Å². The predicted octanol–water partition coefficient (Wildman–Crippen LogP) is 6.09. The van der Waals surface area contributed by atoms with Crippen molar-refractivity contribution in [2.45, 2.75) is 58.2 Å². The second-order valence-corrected chi connectivity index (χ2v) is 13.7. The van der Waals surface area contributed by atoms with Crippen LogP contribution >= 0.6 is 23.2 Å². The van der Waals surface area contributed by atoms with Crippen LogP contribution in [-0.2, 0) is 32.6 Å². The number of halogens is 2. The Morgan fingerprint density at radius 1 is 0.927 bits per heavy atom. The number of hydrogen-bond acceptors (Lipinski definition) is 4. The van der Waals surface area contributed by atoms with Gasteiger partial charge in [0.2, 0.25) is 21.8 Å². The normalized spacial score (nSPS) is 12.4. The summed E-state index contributed by atoms with van der Waals surface area (Å²) >= 11 is 12.6. The van der Waals surface area contributed by atoms with Gasteiger partial charge >= 0.3 is 0 Å². The minimum absolute atomic E-state index is 0.0190. The van der Waals surface area contributed by atoms with Crippen molar-refractivity contribution in [3.8, 4) is 0 Å². The van der Waals surface area contributed by atoms with E-state index in [1.165, 1.54) is 4.31 Å². The summed E-state index contributed by atoms with van der Waals surface area (Å²) in [6, 6.07) is 22.5. The van der Waals surface area contributed by atoms with Crippen molar-refractivity contribution in [3.63, 3.8) is 0 Å². The molecule has 41 heavy (non-hydrogen) atoms. The molecule has 0 unspecified atom stereocenters. The topological polar surface area (TPSA) is 86.8 Å². The molecule has 0 bridgehead atoms. The van der Waals surface area contributed by atoms with E-state index in [1.807, 2.05) is 63.2 Å². The van der Waals surface area contributed by atoms with Crippen LogP contribution in [0.4, 0.5) is 5.69 Å². The van der Waals surface area contributed by atoms with E-state index >= 15 is 0 Å². The average molecular weight is 619 g/mol. The summed E-state index contributed by atoms with van der Waals surface area (Å²) < 4.78 is 26.4. The Morgan fingerprint density at radius 3 is 2.20 bits per heavy atom. The quantitative estimate of drug-likeness (QED) is 0.266. The molecule has 1 atom stereocenters. The molecule has 1 N–H and O–H groups in total. The van der Waals surface area contributed by atoms with Crippen LogP contribution in [0.5, 0.6) is 0 Å². The van der Waals surface area contributed by atoms with Crippen LogP contribution in [0.3, 0.4) is 0 Å². The lowest BCUT2D eigenvalue weighted by Gasteiger charge is -2.34. The molecule has 0 aliphatic rings. The highest BCUT2D eigenvalue weighted by Gasteiger charge is 2.32. The minimum atomic E-state index is -3.63. The molecular weight excluding hydrogens is 581 g/mol. The largest absolute Gasteiger partial charge is 0.350 e. The fourth-order valence-electron chi connectivity index (χ4n) is 4.45. The molecule has 7 nitrogen and oxygen atoms in total. The number of carbonyl (C=O) groups excluding carboxylic acids is 2. The molecule has 0 radical (unpaired) electrons. The van der Waals surface area contributed by atoms with Gasteiger partial charge in [0.05, 0.1) is 11.9 Å². The summed E-state index contributed by atoms with van der Waals surface area (Å²) in [4.78, 5) is 29.1. The zero-order valence-corrected chi connectivity index (χ0v) is 26.1. The number of nitrogens with zero attached hydrogens (tertiary/aromatic N) is 2. The minimum Gasteiger partial charge on any atom is -0.350 e. The number of amides is 2. The Hall–Kier alpha value is -3.07. The first-order chi connectivity index (χ1) is 19.2. The number of rotatable bonds is 12. The lowest BCUT2D eigenvalue weighted by molar-refractivity contribution is -0.142. The molecular formula is C31H37Cl2N3O4S. The number of sulfonamides is 1. The van der Waals surface area contributed by atoms with Crippen LogP contribution in [0.25, 0.3) is 0 Å². The van der Waals surface area contributed by atoms with E-state index in [4.69, 9.17) is 23.2 Å². The number of anilines is 1. The molecule has 220 valence electrons. The summed E-state index contributed by atoms with van der Waals surface area (Å²) in [6.45, 7) is 5.86. The van der Waals surface area contributed by atoms with E-state index in [9.17, 15) is 18.0 Å². The maximum atomic E-state index is 13.9. The third-order valence-corrected chi connectivity index (χ3v) is 8.11. The Kier molecular flexibility index (Phi) is 11.2. The number of nitrogens with one attached hydrogen (secondary N) is 1. The molecule has 10 heteroatoms. The third kappa shape index (κ3) is 10.1. The Morgan fingerprint density at radius 2 is 1.59 bits per heavy atom. The fraction of sp³-hybridized carbons (Fsp3) is 0.355. The molecule has 0 heterocycles. The van der Waals surface area contributed by atoms with E-state index < -0.39 is 21.6 Å². The van der Waals surface area contributed by atoms with Crippen LogP contribution in [0, 0.1) is 0 Å². The first-order valence-electron chi connectivity index (χ1n) is 13.4. The standard InChI is InChI=1S/C31H37Cl2N3O4S/c1-31(2,3)34-30(38)28(20-23-12-6-5-7-13-23)35(22-24-14-8-9-17-27(24)33)29(37)18-11-19-36(41(4,39)40)26-16-10-15-25(32)21-26/h5-10,12-17,21,28H,11,18-20,22H2,1-4H3,(H,34,38)/t28-/m1/s1. The number of benzene rings is 3. The van der Waals surface area contributed by atoms with Gasteiger partial charge in [-0.25, -0.2) is 8.42 Å². The molecule has 0 spiro atoms. The van der Waals surface area contributed by atoms with Crippen LogP contribution in [0.15, 0.2) is 78.9 Å².